The highest BCUT2D eigenvalue weighted by atomic mass is 16.5. The second-order valence-electron chi connectivity index (χ2n) is 7.71. The standard InChI is InChI=1S/C22H26O8/c1-6-7-13(24)17-14(25)9-15(30-5)11(18(17)26)8-12-19(27)16(10(2)23)21(29)22(3,4)20(12)28/h9,25-28H,6-8H2,1-5H3. The van der Waals surface area contributed by atoms with E-state index in [1.807, 2.05) is 0 Å². The van der Waals surface area contributed by atoms with Crippen LogP contribution < -0.4 is 4.74 Å². The van der Waals surface area contributed by atoms with E-state index in [0.29, 0.717) is 6.42 Å². The Kier molecular flexibility index (Phi) is 6.30. The lowest BCUT2D eigenvalue weighted by Crippen LogP contribution is -2.36. The molecule has 30 heavy (non-hydrogen) atoms. The third-order valence-corrected chi connectivity index (χ3v) is 5.22. The van der Waals surface area contributed by atoms with Crippen LogP contribution >= 0.6 is 0 Å². The van der Waals surface area contributed by atoms with Crippen molar-refractivity contribution in [2.75, 3.05) is 7.11 Å². The monoisotopic (exact) mass is 418 g/mol. The van der Waals surface area contributed by atoms with Gasteiger partial charge in [-0.2, -0.15) is 0 Å². The van der Waals surface area contributed by atoms with Crippen LogP contribution in [0.1, 0.15) is 56.5 Å². The van der Waals surface area contributed by atoms with Crippen LogP contribution in [0.2, 0.25) is 0 Å². The van der Waals surface area contributed by atoms with Crippen molar-refractivity contribution in [3.63, 3.8) is 0 Å². The number of benzene rings is 1. The van der Waals surface area contributed by atoms with Gasteiger partial charge in [0.15, 0.2) is 17.3 Å². The summed E-state index contributed by atoms with van der Waals surface area (Å²) in [6.45, 7) is 5.71. The lowest BCUT2D eigenvalue weighted by molar-refractivity contribution is -0.126. The summed E-state index contributed by atoms with van der Waals surface area (Å²) in [6, 6.07) is 1.15. The van der Waals surface area contributed by atoms with Crippen LogP contribution in [0.15, 0.2) is 28.7 Å². The maximum absolute atomic E-state index is 12.6. The van der Waals surface area contributed by atoms with Crippen LogP contribution in [-0.2, 0) is 16.0 Å². The van der Waals surface area contributed by atoms with Gasteiger partial charge in [-0.25, -0.2) is 0 Å². The van der Waals surface area contributed by atoms with Crippen LogP contribution in [0.25, 0.3) is 0 Å². The first-order chi connectivity index (χ1) is 13.9. The Labute approximate surface area is 174 Å². The summed E-state index contributed by atoms with van der Waals surface area (Å²) in [7, 11) is 1.28. The average Bonchev–Trinajstić information content (AvgIpc) is 2.65. The number of carbonyl (C=O) groups excluding carboxylic acids is 3. The first-order valence-electron chi connectivity index (χ1n) is 9.46. The van der Waals surface area contributed by atoms with E-state index >= 15 is 0 Å². The Balaban J connectivity index is 2.75. The maximum Gasteiger partial charge on any atom is 0.183 e. The molecule has 0 saturated heterocycles. The molecule has 162 valence electrons. The first-order valence-corrected chi connectivity index (χ1v) is 9.46. The predicted octanol–water partition coefficient (Wildman–Crippen LogP) is 3.45. The van der Waals surface area contributed by atoms with Gasteiger partial charge in [-0.3, -0.25) is 14.4 Å². The van der Waals surface area contributed by atoms with E-state index in [2.05, 4.69) is 0 Å². The zero-order valence-electron chi connectivity index (χ0n) is 17.6. The summed E-state index contributed by atoms with van der Waals surface area (Å²) < 4.78 is 5.19. The molecule has 0 aliphatic heterocycles. The lowest BCUT2D eigenvalue weighted by atomic mass is 9.73. The van der Waals surface area contributed by atoms with Gasteiger partial charge in [-0.05, 0) is 27.2 Å². The number of hydrogen-bond donors (Lipinski definition) is 4. The molecule has 1 aliphatic rings. The third-order valence-electron chi connectivity index (χ3n) is 5.22. The van der Waals surface area contributed by atoms with E-state index < -0.39 is 51.4 Å². The molecule has 0 unspecified atom stereocenters. The number of allylic oxidation sites excluding steroid dienone is 3. The minimum atomic E-state index is -1.48. The Morgan fingerprint density at radius 1 is 1.13 bits per heavy atom. The van der Waals surface area contributed by atoms with Gasteiger partial charge in [0.05, 0.1) is 12.5 Å². The Bertz CT molecular complexity index is 995. The molecular formula is C22H26O8. The molecule has 0 spiro atoms. The molecule has 0 atom stereocenters. The highest BCUT2D eigenvalue weighted by Gasteiger charge is 2.44. The van der Waals surface area contributed by atoms with Gasteiger partial charge in [-0.15, -0.1) is 0 Å². The van der Waals surface area contributed by atoms with E-state index in [1.165, 1.54) is 21.0 Å². The second kappa shape index (κ2) is 8.22. The molecule has 1 aliphatic carbocycles. The van der Waals surface area contributed by atoms with Crippen molar-refractivity contribution in [1.82, 2.24) is 0 Å². The van der Waals surface area contributed by atoms with Crippen LogP contribution in [-0.4, -0.2) is 44.9 Å². The van der Waals surface area contributed by atoms with E-state index in [1.54, 1.807) is 6.92 Å². The highest BCUT2D eigenvalue weighted by molar-refractivity contribution is 6.23. The fourth-order valence-corrected chi connectivity index (χ4v) is 3.49. The van der Waals surface area contributed by atoms with Crippen LogP contribution in [0.5, 0.6) is 17.2 Å². The smallest absolute Gasteiger partial charge is 0.183 e. The fourth-order valence-electron chi connectivity index (χ4n) is 3.49. The van der Waals surface area contributed by atoms with Crippen molar-refractivity contribution in [1.29, 1.82) is 0 Å². The van der Waals surface area contributed by atoms with E-state index in [9.17, 15) is 34.8 Å². The number of carbonyl (C=O) groups is 3. The fraction of sp³-hybridized carbons (Fsp3) is 0.409. The molecule has 8 nitrogen and oxygen atoms in total. The summed E-state index contributed by atoms with van der Waals surface area (Å²) in [4.78, 5) is 36.9. The summed E-state index contributed by atoms with van der Waals surface area (Å²) in [6.07, 6.45) is 0.224. The van der Waals surface area contributed by atoms with Gasteiger partial charge < -0.3 is 25.2 Å². The first kappa shape index (κ1) is 23.0. The van der Waals surface area contributed by atoms with Crippen molar-refractivity contribution in [3.05, 3.63) is 39.9 Å². The van der Waals surface area contributed by atoms with Crippen LogP contribution in [0.3, 0.4) is 0 Å². The van der Waals surface area contributed by atoms with Crippen molar-refractivity contribution >= 4 is 17.3 Å². The second-order valence-corrected chi connectivity index (χ2v) is 7.71. The summed E-state index contributed by atoms with van der Waals surface area (Å²) in [5.74, 6) is -4.06. The number of aliphatic hydroxyl groups is 2. The largest absolute Gasteiger partial charge is 0.511 e. The Morgan fingerprint density at radius 3 is 2.23 bits per heavy atom. The quantitative estimate of drug-likeness (QED) is 0.390. The number of Topliss-reactive ketones (excluding diaryl/α,β-unsaturated/α-hetero) is 3. The molecule has 0 bridgehead atoms. The molecule has 8 heteroatoms. The number of methoxy groups -OCH3 is 1. The molecule has 4 N–H and O–H groups in total. The average molecular weight is 418 g/mol. The van der Waals surface area contributed by atoms with E-state index in [0.717, 1.165) is 13.0 Å². The zero-order chi connectivity index (χ0) is 23.0. The Morgan fingerprint density at radius 2 is 1.73 bits per heavy atom. The van der Waals surface area contributed by atoms with E-state index in [-0.39, 0.29) is 35.3 Å². The van der Waals surface area contributed by atoms with Gasteiger partial charge in [0.25, 0.3) is 0 Å². The third kappa shape index (κ3) is 3.65. The van der Waals surface area contributed by atoms with Gasteiger partial charge in [-0.1, -0.05) is 6.92 Å². The number of phenolic OH excluding ortho intramolecular Hbond substituents is 2. The van der Waals surface area contributed by atoms with Gasteiger partial charge in [0.2, 0.25) is 0 Å². The molecular weight excluding hydrogens is 392 g/mol. The Hall–Kier alpha value is -3.29. The molecule has 1 aromatic carbocycles. The number of ketones is 3. The van der Waals surface area contributed by atoms with Crippen molar-refractivity contribution < 1.29 is 39.5 Å². The molecule has 0 saturated carbocycles. The van der Waals surface area contributed by atoms with Crippen LogP contribution in [0, 0.1) is 5.41 Å². The predicted molar refractivity (Wildman–Crippen MR) is 108 cm³/mol. The van der Waals surface area contributed by atoms with Gasteiger partial charge in [0.1, 0.15) is 39.9 Å². The minimum absolute atomic E-state index is 0.00484. The number of ether oxygens (including phenoxy) is 1. The molecule has 0 fully saturated rings. The number of phenols is 2. The van der Waals surface area contributed by atoms with Crippen molar-refractivity contribution in [2.45, 2.75) is 47.0 Å². The molecule has 0 heterocycles. The van der Waals surface area contributed by atoms with Crippen molar-refractivity contribution in [2.24, 2.45) is 5.41 Å². The molecule has 0 aromatic heterocycles. The van der Waals surface area contributed by atoms with Crippen LogP contribution in [0.4, 0.5) is 0 Å². The number of aliphatic hydroxyl groups excluding tert-OH is 2. The molecule has 0 radical (unpaired) electrons. The number of hydrogen-bond acceptors (Lipinski definition) is 8. The lowest BCUT2D eigenvalue weighted by Gasteiger charge is -2.31. The van der Waals surface area contributed by atoms with Gasteiger partial charge >= 0.3 is 0 Å². The topological polar surface area (TPSA) is 141 Å². The SMILES string of the molecule is CCCC(=O)c1c(O)cc(OC)c(CC2=C(O)C(C)(C)C(=O)C(C(C)=O)=C2O)c1O. The molecule has 0 amide bonds. The maximum atomic E-state index is 12.6. The zero-order valence-corrected chi connectivity index (χ0v) is 17.6. The van der Waals surface area contributed by atoms with Gasteiger partial charge in [0, 0.05) is 30.0 Å². The molecule has 1 aromatic rings. The van der Waals surface area contributed by atoms with E-state index in [4.69, 9.17) is 4.74 Å². The minimum Gasteiger partial charge on any atom is -0.511 e. The summed E-state index contributed by atoms with van der Waals surface area (Å²) in [5.41, 5.74) is -2.38. The normalized spacial score (nSPS) is 16.1. The number of aromatic hydroxyl groups is 2. The highest BCUT2D eigenvalue weighted by Crippen LogP contribution is 2.44. The summed E-state index contributed by atoms with van der Waals surface area (Å²) in [5, 5.41) is 42.2. The number of rotatable bonds is 7. The summed E-state index contributed by atoms with van der Waals surface area (Å²) >= 11 is 0. The van der Waals surface area contributed by atoms with Crippen molar-refractivity contribution in [3.8, 4) is 17.2 Å². The molecule has 2 rings (SSSR count).